The van der Waals surface area contributed by atoms with Crippen LogP contribution in [0.3, 0.4) is 0 Å². The van der Waals surface area contributed by atoms with Crippen LogP contribution < -0.4 is 4.90 Å². The van der Waals surface area contributed by atoms with Crippen LogP contribution >= 0.6 is 0 Å². The lowest BCUT2D eigenvalue weighted by Gasteiger charge is -2.48. The molecule has 0 aromatic carbocycles. The topological polar surface area (TPSA) is 65.1 Å². The number of H-pyrrole nitrogens is 1. The highest BCUT2D eigenvalue weighted by Gasteiger charge is 2.41. The lowest BCUT2D eigenvalue weighted by atomic mass is 9.73. The number of carbonyl (C=O) groups excluding carboxylic acids is 1. The number of aromatic nitrogens is 3. The van der Waals surface area contributed by atoms with Gasteiger partial charge in [-0.1, -0.05) is 6.07 Å². The summed E-state index contributed by atoms with van der Waals surface area (Å²) in [5, 5.41) is 0. The Kier molecular flexibility index (Phi) is 4.66. The van der Waals surface area contributed by atoms with E-state index in [4.69, 9.17) is 0 Å². The Morgan fingerprint density at radius 2 is 2.15 bits per heavy atom. The molecule has 2 aromatic rings. The lowest BCUT2D eigenvalue weighted by molar-refractivity contribution is -0.137. The molecule has 0 aliphatic carbocycles. The van der Waals surface area contributed by atoms with Crippen molar-refractivity contribution in [3.63, 3.8) is 0 Å². The zero-order valence-corrected chi connectivity index (χ0v) is 15.4. The van der Waals surface area contributed by atoms with E-state index in [0.717, 1.165) is 57.0 Å². The molecule has 0 saturated carbocycles. The number of likely N-dealkylation sites (tertiary alicyclic amines) is 1. The summed E-state index contributed by atoms with van der Waals surface area (Å²) in [4.78, 5) is 28.7. The maximum atomic E-state index is 12.4. The minimum Gasteiger partial charge on any atom is -0.356 e. The number of nitrogens with one attached hydrogen (secondary N) is 1. The van der Waals surface area contributed by atoms with Crippen molar-refractivity contribution in [2.75, 3.05) is 31.1 Å². The molecule has 4 heterocycles. The first-order valence-corrected chi connectivity index (χ1v) is 9.56. The Balaban J connectivity index is 1.44. The summed E-state index contributed by atoms with van der Waals surface area (Å²) in [6.07, 6.45) is 10.3. The van der Waals surface area contributed by atoms with E-state index in [1.807, 2.05) is 12.4 Å². The van der Waals surface area contributed by atoms with Crippen molar-refractivity contribution in [2.24, 2.45) is 5.41 Å². The molecule has 1 spiro atoms. The molecular weight excluding hydrogens is 326 g/mol. The molecule has 0 bridgehead atoms. The average Bonchev–Trinajstić information content (AvgIpc) is 3.17. The van der Waals surface area contributed by atoms with Gasteiger partial charge < -0.3 is 14.8 Å². The highest BCUT2D eigenvalue weighted by atomic mass is 16.2. The molecule has 2 aliphatic rings. The number of nitrogens with zero attached hydrogens (tertiary/aromatic N) is 4. The fraction of sp³-hybridized carbons (Fsp3) is 0.550. The zero-order chi connectivity index (χ0) is 18.0. The maximum absolute atomic E-state index is 12.4. The number of amides is 1. The van der Waals surface area contributed by atoms with Gasteiger partial charge in [0, 0.05) is 62.5 Å². The van der Waals surface area contributed by atoms with Gasteiger partial charge in [-0.3, -0.25) is 4.79 Å². The molecule has 0 radical (unpaired) electrons. The van der Waals surface area contributed by atoms with Gasteiger partial charge in [-0.15, -0.1) is 0 Å². The van der Waals surface area contributed by atoms with Gasteiger partial charge in [0.2, 0.25) is 5.91 Å². The van der Waals surface area contributed by atoms with Gasteiger partial charge in [-0.2, -0.15) is 0 Å². The number of hydrogen-bond donors (Lipinski definition) is 1. The molecule has 4 rings (SSSR count). The molecule has 2 fully saturated rings. The smallest absolute Gasteiger partial charge is 0.222 e. The van der Waals surface area contributed by atoms with Crippen LogP contribution in [0.25, 0.3) is 0 Å². The number of anilines is 1. The van der Waals surface area contributed by atoms with E-state index >= 15 is 0 Å². The minimum atomic E-state index is 0.201. The molecule has 26 heavy (non-hydrogen) atoms. The molecule has 138 valence electrons. The van der Waals surface area contributed by atoms with Gasteiger partial charge in [0.25, 0.3) is 0 Å². The number of imidazole rings is 1. The van der Waals surface area contributed by atoms with Crippen molar-refractivity contribution in [1.82, 2.24) is 19.9 Å². The number of piperidine rings is 2. The molecule has 1 unspecified atom stereocenters. The first kappa shape index (κ1) is 17.1. The fourth-order valence-electron chi connectivity index (χ4n) is 4.37. The summed E-state index contributed by atoms with van der Waals surface area (Å²) < 4.78 is 0. The van der Waals surface area contributed by atoms with Crippen LogP contribution in [-0.2, 0) is 11.2 Å². The summed E-state index contributed by atoms with van der Waals surface area (Å²) in [5.74, 6) is 1.36. The van der Waals surface area contributed by atoms with E-state index in [1.54, 1.807) is 6.33 Å². The normalized spacial score (nSPS) is 23.7. The molecule has 2 saturated heterocycles. The minimum absolute atomic E-state index is 0.201. The first-order chi connectivity index (χ1) is 12.6. The predicted molar refractivity (Wildman–Crippen MR) is 101 cm³/mol. The summed E-state index contributed by atoms with van der Waals surface area (Å²) in [7, 11) is 0. The molecule has 6 nitrogen and oxygen atoms in total. The molecule has 6 heteroatoms. The van der Waals surface area contributed by atoms with Crippen LogP contribution in [-0.4, -0.2) is 51.9 Å². The van der Waals surface area contributed by atoms with Crippen molar-refractivity contribution < 1.29 is 4.79 Å². The SMILES string of the molecule is Cc1ccc(N2CCCC3(CCC(=O)N(CCc4cnc[nH]4)C3)C2)nc1. The molecule has 2 aliphatic heterocycles. The summed E-state index contributed by atoms with van der Waals surface area (Å²) in [6.45, 7) is 5.75. The highest BCUT2D eigenvalue weighted by Crippen LogP contribution is 2.39. The van der Waals surface area contributed by atoms with E-state index in [-0.39, 0.29) is 5.41 Å². The number of aryl methyl sites for hydroxylation is 1. The second-order valence-corrected chi connectivity index (χ2v) is 7.86. The number of rotatable bonds is 4. The first-order valence-electron chi connectivity index (χ1n) is 9.56. The molecule has 1 N–H and O–H groups in total. The van der Waals surface area contributed by atoms with Crippen molar-refractivity contribution in [3.8, 4) is 0 Å². The Morgan fingerprint density at radius 3 is 2.92 bits per heavy atom. The highest BCUT2D eigenvalue weighted by molar-refractivity contribution is 5.77. The number of carbonyl (C=O) groups is 1. The van der Waals surface area contributed by atoms with E-state index in [9.17, 15) is 4.79 Å². The monoisotopic (exact) mass is 353 g/mol. The second kappa shape index (κ2) is 7.09. The zero-order valence-electron chi connectivity index (χ0n) is 15.4. The third-order valence-corrected chi connectivity index (χ3v) is 5.84. The lowest BCUT2D eigenvalue weighted by Crippen LogP contribution is -2.54. The standard InChI is InChI=1S/C20H27N5O/c1-16-3-4-18(22-11-16)24-9-2-7-20(13-24)8-5-19(26)25(14-20)10-6-17-12-21-15-23-17/h3-4,11-12,15H,2,5-10,13-14H2,1H3,(H,21,23). The number of hydrogen-bond acceptors (Lipinski definition) is 4. The Bertz CT molecular complexity index is 742. The van der Waals surface area contributed by atoms with Gasteiger partial charge >= 0.3 is 0 Å². The van der Waals surface area contributed by atoms with Crippen LogP contribution in [0.15, 0.2) is 30.9 Å². The predicted octanol–water partition coefficient (Wildman–Crippen LogP) is 2.56. The number of pyridine rings is 1. The summed E-state index contributed by atoms with van der Waals surface area (Å²) in [6, 6.07) is 4.25. The molecule has 1 amide bonds. The second-order valence-electron chi connectivity index (χ2n) is 7.86. The van der Waals surface area contributed by atoms with Crippen molar-refractivity contribution in [3.05, 3.63) is 42.1 Å². The van der Waals surface area contributed by atoms with E-state index < -0.39 is 0 Å². The third-order valence-electron chi connectivity index (χ3n) is 5.84. The third kappa shape index (κ3) is 3.59. The van der Waals surface area contributed by atoms with Crippen LogP contribution in [0, 0.1) is 12.3 Å². The summed E-state index contributed by atoms with van der Waals surface area (Å²) in [5.41, 5.74) is 2.48. The van der Waals surface area contributed by atoms with E-state index in [1.165, 1.54) is 12.0 Å². The quantitative estimate of drug-likeness (QED) is 0.917. The summed E-state index contributed by atoms with van der Waals surface area (Å²) >= 11 is 0. The molecule has 2 aromatic heterocycles. The van der Waals surface area contributed by atoms with E-state index in [2.05, 4.69) is 43.8 Å². The fourth-order valence-corrected chi connectivity index (χ4v) is 4.37. The Hall–Kier alpha value is -2.37. The van der Waals surface area contributed by atoms with Gasteiger partial charge in [0.1, 0.15) is 5.82 Å². The van der Waals surface area contributed by atoms with Crippen molar-refractivity contribution >= 4 is 11.7 Å². The van der Waals surface area contributed by atoms with Gasteiger partial charge in [-0.05, 0) is 37.8 Å². The average molecular weight is 353 g/mol. The van der Waals surface area contributed by atoms with Crippen LogP contribution in [0.2, 0.25) is 0 Å². The van der Waals surface area contributed by atoms with Crippen molar-refractivity contribution in [1.29, 1.82) is 0 Å². The molecular formula is C20H27N5O. The molecule has 1 atom stereocenters. The van der Waals surface area contributed by atoms with Crippen LogP contribution in [0.5, 0.6) is 0 Å². The van der Waals surface area contributed by atoms with Gasteiger partial charge in [0.15, 0.2) is 0 Å². The largest absolute Gasteiger partial charge is 0.356 e. The van der Waals surface area contributed by atoms with Gasteiger partial charge in [-0.25, -0.2) is 9.97 Å². The van der Waals surface area contributed by atoms with E-state index in [0.29, 0.717) is 12.3 Å². The number of aromatic amines is 1. The van der Waals surface area contributed by atoms with Gasteiger partial charge in [0.05, 0.1) is 6.33 Å². The Labute approximate surface area is 154 Å². The van der Waals surface area contributed by atoms with Crippen LogP contribution in [0.4, 0.5) is 5.82 Å². The van der Waals surface area contributed by atoms with Crippen molar-refractivity contribution in [2.45, 2.75) is 39.0 Å². The Morgan fingerprint density at radius 1 is 1.23 bits per heavy atom. The maximum Gasteiger partial charge on any atom is 0.222 e. The van der Waals surface area contributed by atoms with Crippen LogP contribution in [0.1, 0.15) is 36.9 Å².